The summed E-state index contributed by atoms with van der Waals surface area (Å²) in [5.41, 5.74) is 2.55. The minimum absolute atomic E-state index is 0. The van der Waals surface area contributed by atoms with Crippen LogP contribution in [0.5, 0.6) is 11.5 Å². The molecule has 2 aromatic carbocycles. The second kappa shape index (κ2) is 16.0. The summed E-state index contributed by atoms with van der Waals surface area (Å²) < 4.78 is 16.1. The predicted molar refractivity (Wildman–Crippen MR) is 154 cm³/mol. The zero-order chi connectivity index (χ0) is 22.8. The van der Waals surface area contributed by atoms with E-state index in [-0.39, 0.29) is 18.3 Å². The molecule has 0 atom stereocenters. The van der Waals surface area contributed by atoms with Crippen molar-refractivity contribution >= 4 is 83.0 Å². The van der Waals surface area contributed by atoms with Crippen LogP contribution in [-0.2, 0) is 14.5 Å². The average Bonchev–Trinajstić information content (AvgIpc) is 2.77. The molecule has 0 aliphatic carbocycles. The second-order valence-corrected chi connectivity index (χ2v) is 42.1. The monoisotopic (exact) mass is 834 g/mol. The fourth-order valence-corrected chi connectivity index (χ4v) is 3.09. The predicted octanol–water partition coefficient (Wildman–Crippen LogP) is 6.75. The van der Waals surface area contributed by atoms with Gasteiger partial charge in [0.15, 0.2) is 11.5 Å². The van der Waals surface area contributed by atoms with Crippen LogP contribution >= 0.6 is 71.5 Å². The summed E-state index contributed by atoms with van der Waals surface area (Å²) in [5.74, 6) is 1.20. The van der Waals surface area contributed by atoms with Gasteiger partial charge in [-0.05, 0) is 41.0 Å². The Morgan fingerprint density at radius 3 is 2.06 bits per heavy atom. The van der Waals surface area contributed by atoms with E-state index in [1.54, 1.807) is 25.2 Å². The molecule has 1 heterocycles. The first-order valence-electron chi connectivity index (χ1n) is 9.20. The molecule has 5 nitrogen and oxygen atoms in total. The SMILES string of the molecule is COc1ccc(C(=CC(=O)N2CCOCC2)c2ccc(Cl)cc2)cc1OC.[CH3-].[I][V]([I])[I]. The first kappa shape index (κ1) is 30.3. The first-order valence-corrected chi connectivity index (χ1v) is 23.1. The maximum absolute atomic E-state index is 12.8. The van der Waals surface area contributed by atoms with Crippen molar-refractivity contribution in [3.63, 3.8) is 0 Å². The van der Waals surface area contributed by atoms with E-state index in [1.807, 2.05) is 42.5 Å². The van der Waals surface area contributed by atoms with Gasteiger partial charge in [-0.2, -0.15) is 0 Å². The topological polar surface area (TPSA) is 48.0 Å². The van der Waals surface area contributed by atoms with Crippen molar-refractivity contribution in [3.8, 4) is 11.5 Å². The molecule has 1 fully saturated rings. The third kappa shape index (κ3) is 9.87. The minimum atomic E-state index is -0.278. The summed E-state index contributed by atoms with van der Waals surface area (Å²) in [4.78, 5) is 14.3. The number of rotatable bonds is 5. The standard InChI is InChI=1S/C21H22ClNO4.CH3.3HI.V/c1-25-19-8-5-16(13-20(19)26-2)18(15-3-6-17(22)7-4-15)14-21(24)23-9-11-27-12-10-23;;;;;/h3-8,13-14H,9-12H2,1-2H3;1H3;3*1H;/q;-1;;;;+3/p-3. The number of ether oxygens (including phenoxy) is 3. The Hall–Kier alpha value is 0.274. The van der Waals surface area contributed by atoms with E-state index >= 15 is 0 Å². The molecule has 0 N–H and O–H groups in total. The molecular weight excluding hydrogens is 809 g/mol. The molecule has 3 rings (SSSR count). The number of hydrogen-bond donors (Lipinski definition) is 0. The molecule has 0 bridgehead atoms. The number of morpholine rings is 1. The number of methoxy groups -OCH3 is 2. The number of nitrogens with zero attached hydrogens (tertiary/aromatic N) is 1. The molecule has 0 radical (unpaired) electrons. The molecule has 0 spiro atoms. The van der Waals surface area contributed by atoms with Gasteiger partial charge in [0, 0.05) is 24.2 Å². The van der Waals surface area contributed by atoms with E-state index in [2.05, 4.69) is 59.9 Å². The van der Waals surface area contributed by atoms with Gasteiger partial charge in [-0.25, -0.2) is 0 Å². The van der Waals surface area contributed by atoms with Gasteiger partial charge in [-0.1, -0.05) is 29.8 Å². The molecule has 10 heteroatoms. The zero-order valence-corrected chi connectivity index (χ0v) is 26.6. The molecule has 1 aliphatic rings. The summed E-state index contributed by atoms with van der Waals surface area (Å²) in [5, 5.41) is 0.643. The van der Waals surface area contributed by atoms with Crippen molar-refractivity contribution in [2.24, 2.45) is 0 Å². The number of carbonyl (C=O) groups is 1. The molecule has 1 aliphatic heterocycles. The van der Waals surface area contributed by atoms with Gasteiger partial charge >= 0.3 is 64.9 Å². The number of benzene rings is 2. The van der Waals surface area contributed by atoms with Gasteiger partial charge < -0.3 is 26.5 Å². The molecule has 1 amide bonds. The van der Waals surface area contributed by atoms with Gasteiger partial charge in [0.1, 0.15) is 0 Å². The van der Waals surface area contributed by atoms with Crippen molar-refractivity contribution < 1.29 is 23.9 Å². The van der Waals surface area contributed by atoms with Crippen LogP contribution in [0.25, 0.3) is 5.57 Å². The molecule has 2 aromatic rings. The van der Waals surface area contributed by atoms with E-state index in [4.69, 9.17) is 25.8 Å². The maximum atomic E-state index is 12.8. The summed E-state index contributed by atoms with van der Waals surface area (Å²) in [6.07, 6.45) is 1.66. The van der Waals surface area contributed by atoms with Crippen molar-refractivity contribution in [1.82, 2.24) is 4.90 Å². The van der Waals surface area contributed by atoms with Gasteiger partial charge in [0.05, 0.1) is 27.4 Å². The summed E-state index contributed by atoms with van der Waals surface area (Å²) in [6, 6.07) is 13.0. The van der Waals surface area contributed by atoms with E-state index in [0.29, 0.717) is 42.8 Å². The fraction of sp³-hybridized carbons (Fsp3) is 0.273. The van der Waals surface area contributed by atoms with Gasteiger partial charge in [-0.3, -0.25) is 4.79 Å². The van der Waals surface area contributed by atoms with Crippen LogP contribution in [0.15, 0.2) is 48.5 Å². The third-order valence-corrected chi connectivity index (χ3v) is 4.69. The molecule has 1 saturated heterocycles. The average molecular weight is 835 g/mol. The number of amides is 1. The Labute approximate surface area is 233 Å². The van der Waals surface area contributed by atoms with Crippen molar-refractivity contribution in [2.45, 2.75) is 0 Å². The summed E-state index contributed by atoms with van der Waals surface area (Å²) in [6.45, 7) is 2.31. The van der Waals surface area contributed by atoms with Gasteiger partial charge in [0.2, 0.25) is 5.91 Å². The quantitative estimate of drug-likeness (QED) is 0.190. The Morgan fingerprint density at radius 1 is 1.00 bits per heavy atom. The van der Waals surface area contributed by atoms with Crippen LogP contribution in [-0.4, -0.2) is 51.3 Å². The van der Waals surface area contributed by atoms with Crippen LogP contribution in [0.3, 0.4) is 0 Å². The Bertz CT molecular complexity index is 888. The van der Waals surface area contributed by atoms with Crippen molar-refractivity contribution in [2.75, 3.05) is 40.5 Å². The van der Waals surface area contributed by atoms with Crippen LogP contribution < -0.4 is 9.47 Å². The van der Waals surface area contributed by atoms with Crippen molar-refractivity contribution in [3.05, 3.63) is 72.1 Å². The Morgan fingerprint density at radius 2 is 1.53 bits per heavy atom. The Kier molecular flexibility index (Phi) is 15.2. The van der Waals surface area contributed by atoms with Gasteiger partial charge in [0.25, 0.3) is 0 Å². The van der Waals surface area contributed by atoms with Crippen LogP contribution in [0.2, 0.25) is 5.02 Å². The van der Waals surface area contributed by atoms with E-state index in [0.717, 1.165) is 16.7 Å². The van der Waals surface area contributed by atoms with E-state index in [1.165, 1.54) is 0 Å². The first-order chi connectivity index (χ1) is 14.8. The normalized spacial score (nSPS) is 13.6. The summed E-state index contributed by atoms with van der Waals surface area (Å²) in [7, 11) is 3.18. The number of hydrogen-bond acceptors (Lipinski definition) is 4. The van der Waals surface area contributed by atoms with Gasteiger partial charge in [-0.15, -0.1) is 0 Å². The molecule has 32 heavy (non-hydrogen) atoms. The van der Waals surface area contributed by atoms with Crippen molar-refractivity contribution in [1.29, 1.82) is 0 Å². The molecule has 0 aromatic heterocycles. The fourth-order valence-electron chi connectivity index (χ4n) is 2.97. The van der Waals surface area contributed by atoms with Crippen LogP contribution in [0, 0.1) is 7.43 Å². The number of carbonyl (C=O) groups excluding carboxylic acids is 1. The molecular formula is C22H25ClI3NO4V-. The molecule has 0 unspecified atom stereocenters. The van der Waals surface area contributed by atoms with E-state index < -0.39 is 0 Å². The van der Waals surface area contributed by atoms with E-state index in [9.17, 15) is 4.79 Å². The second-order valence-electron chi connectivity index (χ2n) is 6.26. The summed E-state index contributed by atoms with van der Waals surface area (Å²) >= 11 is 13.4. The van der Waals surface area contributed by atoms with Crippen LogP contribution in [0.1, 0.15) is 11.1 Å². The molecule has 176 valence electrons. The number of halogens is 4. The molecule has 0 saturated carbocycles. The van der Waals surface area contributed by atoms with Crippen LogP contribution in [0.4, 0.5) is 0 Å². The third-order valence-electron chi connectivity index (χ3n) is 4.44. The Balaban J connectivity index is 0.000000945. The zero-order valence-electron chi connectivity index (χ0n) is 18.0.